The van der Waals surface area contributed by atoms with Crippen molar-refractivity contribution in [3.8, 4) is 0 Å². The number of fused-ring (bicyclic) bond motifs is 1. The highest BCUT2D eigenvalue weighted by Crippen LogP contribution is 2.24. The summed E-state index contributed by atoms with van der Waals surface area (Å²) in [5, 5.41) is 4.07. The fraction of sp³-hybridized carbons (Fsp3) is 0.417. The maximum Gasteiger partial charge on any atom is 0.181 e. The summed E-state index contributed by atoms with van der Waals surface area (Å²) in [6.07, 6.45) is 0. The molecule has 1 aromatic carbocycles. The van der Waals surface area contributed by atoms with Crippen LogP contribution < -0.4 is 11.1 Å². The SMILES string of the molecule is CC(C)CNCc1ccc2nc(N)sc2c1. The highest BCUT2D eigenvalue weighted by Gasteiger charge is 2.02. The van der Waals surface area contributed by atoms with Crippen LogP contribution in [0.4, 0.5) is 5.13 Å². The van der Waals surface area contributed by atoms with Crippen molar-refractivity contribution in [3.63, 3.8) is 0 Å². The third-order valence-electron chi connectivity index (χ3n) is 2.35. The van der Waals surface area contributed by atoms with Gasteiger partial charge < -0.3 is 11.1 Å². The molecule has 0 aliphatic rings. The van der Waals surface area contributed by atoms with E-state index in [0.717, 1.165) is 18.6 Å². The van der Waals surface area contributed by atoms with Crippen LogP contribution in [0.25, 0.3) is 10.2 Å². The second kappa shape index (κ2) is 4.80. The Bertz CT molecular complexity index is 476. The van der Waals surface area contributed by atoms with Crippen LogP contribution in [0.2, 0.25) is 0 Å². The van der Waals surface area contributed by atoms with E-state index in [1.807, 2.05) is 6.07 Å². The lowest BCUT2D eigenvalue weighted by Gasteiger charge is -2.07. The van der Waals surface area contributed by atoms with E-state index in [1.165, 1.54) is 10.3 Å². The minimum absolute atomic E-state index is 0.641. The topological polar surface area (TPSA) is 50.9 Å². The van der Waals surface area contributed by atoms with Crippen LogP contribution in [0.3, 0.4) is 0 Å². The Balaban J connectivity index is 2.07. The smallest absolute Gasteiger partial charge is 0.181 e. The van der Waals surface area contributed by atoms with Gasteiger partial charge in [0.25, 0.3) is 0 Å². The molecule has 0 saturated carbocycles. The van der Waals surface area contributed by atoms with Gasteiger partial charge in [-0.25, -0.2) is 4.98 Å². The lowest BCUT2D eigenvalue weighted by Crippen LogP contribution is -2.18. The summed E-state index contributed by atoms with van der Waals surface area (Å²) in [5.41, 5.74) is 7.96. The van der Waals surface area contributed by atoms with Gasteiger partial charge >= 0.3 is 0 Å². The number of aromatic nitrogens is 1. The van der Waals surface area contributed by atoms with Crippen molar-refractivity contribution in [1.29, 1.82) is 0 Å². The Labute approximate surface area is 99.7 Å². The number of thiazole rings is 1. The Morgan fingerprint density at radius 3 is 3.00 bits per heavy atom. The van der Waals surface area contributed by atoms with Crippen molar-refractivity contribution in [2.45, 2.75) is 20.4 Å². The zero-order valence-electron chi connectivity index (χ0n) is 9.66. The third-order valence-corrected chi connectivity index (χ3v) is 3.20. The monoisotopic (exact) mass is 235 g/mol. The lowest BCUT2D eigenvalue weighted by molar-refractivity contribution is 0.552. The summed E-state index contributed by atoms with van der Waals surface area (Å²) in [4.78, 5) is 4.24. The van der Waals surface area contributed by atoms with Gasteiger partial charge in [-0.3, -0.25) is 0 Å². The molecule has 0 fully saturated rings. The minimum atomic E-state index is 0.641. The van der Waals surface area contributed by atoms with E-state index in [2.05, 4.69) is 36.3 Å². The van der Waals surface area contributed by atoms with Crippen LogP contribution in [0.1, 0.15) is 19.4 Å². The van der Waals surface area contributed by atoms with E-state index in [9.17, 15) is 0 Å². The average Bonchev–Trinajstić information content (AvgIpc) is 2.56. The summed E-state index contributed by atoms with van der Waals surface area (Å²) >= 11 is 1.54. The van der Waals surface area contributed by atoms with Crippen LogP contribution in [0.5, 0.6) is 0 Å². The Kier molecular flexibility index (Phi) is 3.41. The highest BCUT2D eigenvalue weighted by atomic mass is 32.1. The summed E-state index contributed by atoms with van der Waals surface area (Å²) in [6, 6.07) is 6.31. The molecule has 16 heavy (non-hydrogen) atoms. The first-order chi connectivity index (χ1) is 7.65. The van der Waals surface area contributed by atoms with Crippen LogP contribution in [0.15, 0.2) is 18.2 Å². The molecule has 3 nitrogen and oxygen atoms in total. The molecule has 0 bridgehead atoms. The third kappa shape index (κ3) is 2.71. The molecule has 0 aliphatic carbocycles. The molecule has 4 heteroatoms. The molecule has 2 aromatic rings. The lowest BCUT2D eigenvalue weighted by atomic mass is 10.2. The first kappa shape index (κ1) is 11.4. The standard InChI is InChI=1S/C12H17N3S/c1-8(2)6-14-7-9-3-4-10-11(5-9)16-12(13)15-10/h3-5,8,14H,6-7H2,1-2H3,(H2,13,15). The molecular formula is C12H17N3S. The van der Waals surface area contributed by atoms with Gasteiger partial charge in [-0.05, 0) is 30.2 Å². The maximum absolute atomic E-state index is 5.67. The molecule has 1 heterocycles. The number of nitrogen functional groups attached to an aromatic ring is 1. The van der Waals surface area contributed by atoms with E-state index < -0.39 is 0 Å². The Morgan fingerprint density at radius 2 is 2.25 bits per heavy atom. The van der Waals surface area contributed by atoms with Crippen molar-refractivity contribution < 1.29 is 0 Å². The molecule has 0 atom stereocenters. The van der Waals surface area contributed by atoms with E-state index in [1.54, 1.807) is 11.3 Å². The summed E-state index contributed by atoms with van der Waals surface area (Å²) < 4.78 is 1.17. The number of anilines is 1. The molecular weight excluding hydrogens is 218 g/mol. The number of hydrogen-bond donors (Lipinski definition) is 2. The maximum atomic E-state index is 5.67. The van der Waals surface area contributed by atoms with Crippen molar-refractivity contribution in [2.24, 2.45) is 5.92 Å². The predicted molar refractivity (Wildman–Crippen MR) is 70.6 cm³/mol. The van der Waals surface area contributed by atoms with Crippen molar-refractivity contribution in [3.05, 3.63) is 23.8 Å². The summed E-state index contributed by atoms with van der Waals surface area (Å²) in [7, 11) is 0. The van der Waals surface area contributed by atoms with Gasteiger partial charge in [0, 0.05) is 6.54 Å². The first-order valence-electron chi connectivity index (χ1n) is 5.51. The second-order valence-corrected chi connectivity index (χ2v) is 5.44. The normalized spacial score (nSPS) is 11.4. The van der Waals surface area contributed by atoms with E-state index >= 15 is 0 Å². The van der Waals surface area contributed by atoms with Gasteiger partial charge in [0.05, 0.1) is 10.2 Å². The van der Waals surface area contributed by atoms with Gasteiger partial charge in [0.1, 0.15) is 0 Å². The first-order valence-corrected chi connectivity index (χ1v) is 6.32. The van der Waals surface area contributed by atoms with Crippen LogP contribution in [-0.2, 0) is 6.54 Å². The van der Waals surface area contributed by atoms with Crippen LogP contribution in [-0.4, -0.2) is 11.5 Å². The average molecular weight is 235 g/mol. The Morgan fingerprint density at radius 1 is 1.44 bits per heavy atom. The van der Waals surface area contributed by atoms with Crippen molar-refractivity contribution >= 4 is 26.7 Å². The van der Waals surface area contributed by atoms with Crippen LogP contribution in [0, 0.1) is 5.92 Å². The molecule has 0 amide bonds. The number of benzene rings is 1. The van der Waals surface area contributed by atoms with Crippen LogP contribution >= 0.6 is 11.3 Å². The molecule has 1 aromatic heterocycles. The zero-order valence-corrected chi connectivity index (χ0v) is 10.5. The Hall–Kier alpha value is -1.13. The molecule has 0 saturated heterocycles. The van der Waals surface area contributed by atoms with E-state index in [-0.39, 0.29) is 0 Å². The highest BCUT2D eigenvalue weighted by molar-refractivity contribution is 7.22. The van der Waals surface area contributed by atoms with Gasteiger partial charge in [-0.15, -0.1) is 0 Å². The number of nitrogens with zero attached hydrogens (tertiary/aromatic N) is 1. The zero-order chi connectivity index (χ0) is 11.5. The molecule has 0 unspecified atom stereocenters. The molecule has 86 valence electrons. The summed E-state index contributed by atoms with van der Waals surface area (Å²) in [5.74, 6) is 0.683. The quantitative estimate of drug-likeness (QED) is 0.856. The number of nitrogens with two attached hydrogens (primary N) is 1. The number of nitrogens with one attached hydrogen (secondary N) is 1. The van der Waals surface area contributed by atoms with Crippen molar-refractivity contribution in [1.82, 2.24) is 10.3 Å². The van der Waals surface area contributed by atoms with Gasteiger partial charge in [0.2, 0.25) is 0 Å². The molecule has 2 rings (SSSR count). The summed E-state index contributed by atoms with van der Waals surface area (Å²) in [6.45, 7) is 6.37. The minimum Gasteiger partial charge on any atom is -0.375 e. The van der Waals surface area contributed by atoms with Crippen molar-refractivity contribution in [2.75, 3.05) is 12.3 Å². The van der Waals surface area contributed by atoms with Gasteiger partial charge in [-0.1, -0.05) is 31.3 Å². The van der Waals surface area contributed by atoms with Gasteiger partial charge in [0.15, 0.2) is 5.13 Å². The van der Waals surface area contributed by atoms with E-state index in [4.69, 9.17) is 5.73 Å². The fourth-order valence-electron chi connectivity index (χ4n) is 1.60. The predicted octanol–water partition coefficient (Wildman–Crippen LogP) is 2.62. The molecule has 0 aliphatic heterocycles. The van der Waals surface area contributed by atoms with E-state index in [0.29, 0.717) is 11.0 Å². The number of hydrogen-bond acceptors (Lipinski definition) is 4. The molecule has 0 spiro atoms. The molecule has 3 N–H and O–H groups in total. The van der Waals surface area contributed by atoms with Gasteiger partial charge in [-0.2, -0.15) is 0 Å². The molecule has 0 radical (unpaired) electrons. The fourth-order valence-corrected chi connectivity index (χ4v) is 2.40. The second-order valence-electron chi connectivity index (χ2n) is 4.38. The largest absolute Gasteiger partial charge is 0.375 e. The number of rotatable bonds is 4.